The molecular formula is C14H19F3N2O. The smallest absolute Gasteiger partial charge is 0.384 e. The van der Waals surface area contributed by atoms with Crippen LogP contribution in [0.25, 0.3) is 0 Å². The molecule has 1 aromatic carbocycles. The Hall–Kier alpha value is -1.27. The van der Waals surface area contributed by atoms with Gasteiger partial charge in [-0.1, -0.05) is 6.07 Å². The summed E-state index contributed by atoms with van der Waals surface area (Å²) in [5, 5.41) is 0. The number of methoxy groups -OCH3 is 1. The van der Waals surface area contributed by atoms with Crippen LogP contribution in [0.1, 0.15) is 17.5 Å². The molecule has 3 nitrogen and oxygen atoms in total. The Bertz CT molecular complexity index is 462. The number of hydrogen-bond acceptors (Lipinski definition) is 3. The van der Waals surface area contributed by atoms with Crippen molar-refractivity contribution < 1.29 is 17.9 Å². The summed E-state index contributed by atoms with van der Waals surface area (Å²) in [4.78, 5) is 1.78. The average molecular weight is 288 g/mol. The Morgan fingerprint density at radius 1 is 1.40 bits per heavy atom. The second-order valence-corrected chi connectivity index (χ2v) is 5.11. The van der Waals surface area contributed by atoms with Crippen LogP contribution in [0, 0.1) is 5.92 Å². The van der Waals surface area contributed by atoms with Gasteiger partial charge in [0.2, 0.25) is 0 Å². The summed E-state index contributed by atoms with van der Waals surface area (Å²) < 4.78 is 44.6. The average Bonchev–Trinajstić information content (AvgIpc) is 2.86. The Labute approximate surface area is 116 Å². The predicted molar refractivity (Wildman–Crippen MR) is 71.5 cm³/mol. The van der Waals surface area contributed by atoms with Crippen molar-refractivity contribution in [3.05, 3.63) is 29.3 Å². The number of rotatable bonds is 4. The molecule has 1 aliphatic rings. The molecule has 1 fully saturated rings. The van der Waals surface area contributed by atoms with Crippen LogP contribution in [-0.2, 0) is 17.5 Å². The molecule has 1 saturated heterocycles. The first kappa shape index (κ1) is 15.1. The topological polar surface area (TPSA) is 38.5 Å². The van der Waals surface area contributed by atoms with Crippen LogP contribution >= 0.6 is 0 Å². The molecule has 0 radical (unpaired) electrons. The van der Waals surface area contributed by atoms with Gasteiger partial charge in [0.05, 0.1) is 12.2 Å². The fraction of sp³-hybridized carbons (Fsp3) is 0.571. The molecule has 0 aromatic heterocycles. The molecule has 1 aliphatic heterocycles. The fourth-order valence-electron chi connectivity index (χ4n) is 2.64. The van der Waals surface area contributed by atoms with Crippen LogP contribution in [0.4, 0.5) is 18.9 Å². The van der Waals surface area contributed by atoms with Crippen LogP contribution in [-0.4, -0.2) is 26.8 Å². The molecule has 0 saturated carbocycles. The highest BCUT2D eigenvalue weighted by molar-refractivity contribution is 5.57. The van der Waals surface area contributed by atoms with Gasteiger partial charge >= 0.3 is 6.18 Å². The maximum absolute atomic E-state index is 13.2. The van der Waals surface area contributed by atoms with Crippen LogP contribution in [0.5, 0.6) is 0 Å². The first-order valence-electron chi connectivity index (χ1n) is 6.59. The second kappa shape index (κ2) is 6.01. The Kier molecular flexibility index (Phi) is 4.55. The number of hydrogen-bond donors (Lipinski definition) is 1. The Morgan fingerprint density at radius 2 is 2.15 bits per heavy atom. The highest BCUT2D eigenvalue weighted by Gasteiger charge is 2.36. The van der Waals surface area contributed by atoms with Crippen molar-refractivity contribution in [2.24, 2.45) is 11.7 Å². The van der Waals surface area contributed by atoms with E-state index in [9.17, 15) is 13.2 Å². The quantitative estimate of drug-likeness (QED) is 0.925. The molecule has 0 amide bonds. The van der Waals surface area contributed by atoms with E-state index in [2.05, 4.69) is 0 Å². The van der Waals surface area contributed by atoms with Gasteiger partial charge in [-0.15, -0.1) is 0 Å². The first-order chi connectivity index (χ1) is 9.45. The minimum Gasteiger partial charge on any atom is -0.384 e. The standard InChI is InChI=1S/C14H19F3N2O/c1-20-9-11-4-5-19(8-11)13-3-2-10(7-18)6-12(13)14(15,16)17/h2-3,6,11H,4-5,7-9,18H2,1H3. The maximum Gasteiger partial charge on any atom is 0.418 e. The number of anilines is 1. The van der Waals surface area contributed by atoms with Gasteiger partial charge in [0.25, 0.3) is 0 Å². The lowest BCUT2D eigenvalue weighted by Crippen LogP contribution is -2.24. The van der Waals surface area contributed by atoms with E-state index in [1.807, 2.05) is 0 Å². The van der Waals surface area contributed by atoms with E-state index in [-0.39, 0.29) is 18.2 Å². The Morgan fingerprint density at radius 3 is 2.75 bits per heavy atom. The van der Waals surface area contributed by atoms with E-state index >= 15 is 0 Å². The summed E-state index contributed by atoms with van der Waals surface area (Å²) in [5.74, 6) is 0.287. The lowest BCUT2D eigenvalue weighted by molar-refractivity contribution is -0.137. The van der Waals surface area contributed by atoms with Gasteiger partial charge < -0.3 is 15.4 Å². The Balaban J connectivity index is 2.27. The highest BCUT2D eigenvalue weighted by atomic mass is 19.4. The third kappa shape index (κ3) is 3.24. The molecule has 2 rings (SSSR count). The van der Waals surface area contributed by atoms with Crippen molar-refractivity contribution >= 4 is 5.69 Å². The van der Waals surface area contributed by atoms with Crippen LogP contribution in [0.3, 0.4) is 0 Å². The first-order valence-corrected chi connectivity index (χ1v) is 6.59. The zero-order valence-electron chi connectivity index (χ0n) is 11.4. The van der Waals surface area contributed by atoms with E-state index in [0.29, 0.717) is 25.3 Å². The molecule has 0 aliphatic carbocycles. The maximum atomic E-state index is 13.2. The minimum absolute atomic E-state index is 0.107. The number of halogens is 3. The van der Waals surface area contributed by atoms with Gasteiger partial charge in [-0.25, -0.2) is 0 Å². The van der Waals surface area contributed by atoms with E-state index in [0.717, 1.165) is 12.5 Å². The molecule has 0 spiro atoms. The summed E-state index contributed by atoms with van der Waals surface area (Å²) in [5.41, 5.74) is 5.57. The minimum atomic E-state index is -4.36. The molecule has 1 aromatic rings. The lowest BCUT2D eigenvalue weighted by Gasteiger charge is -2.24. The van der Waals surface area contributed by atoms with Gasteiger partial charge in [0.15, 0.2) is 0 Å². The summed E-state index contributed by atoms with van der Waals surface area (Å²) in [6, 6.07) is 4.34. The van der Waals surface area contributed by atoms with Crippen molar-refractivity contribution in [3.8, 4) is 0 Å². The van der Waals surface area contributed by atoms with Gasteiger partial charge in [-0.05, 0) is 24.1 Å². The molecule has 0 bridgehead atoms. The fourth-order valence-corrected chi connectivity index (χ4v) is 2.64. The summed E-state index contributed by atoms with van der Waals surface area (Å²) >= 11 is 0. The summed E-state index contributed by atoms with van der Waals surface area (Å²) in [6.45, 7) is 1.91. The monoisotopic (exact) mass is 288 g/mol. The van der Waals surface area contributed by atoms with Crippen LogP contribution < -0.4 is 10.6 Å². The zero-order valence-corrected chi connectivity index (χ0v) is 11.4. The molecule has 1 unspecified atom stereocenters. The van der Waals surface area contributed by atoms with E-state index < -0.39 is 11.7 Å². The number of alkyl halides is 3. The van der Waals surface area contributed by atoms with Gasteiger partial charge in [0.1, 0.15) is 0 Å². The van der Waals surface area contributed by atoms with Crippen LogP contribution in [0.2, 0.25) is 0 Å². The molecule has 6 heteroatoms. The van der Waals surface area contributed by atoms with E-state index in [4.69, 9.17) is 10.5 Å². The van der Waals surface area contributed by atoms with Gasteiger partial charge in [-0.2, -0.15) is 13.2 Å². The van der Waals surface area contributed by atoms with Gasteiger partial charge in [-0.3, -0.25) is 0 Å². The molecular weight excluding hydrogens is 269 g/mol. The van der Waals surface area contributed by atoms with Crippen molar-refractivity contribution in [2.75, 3.05) is 31.7 Å². The largest absolute Gasteiger partial charge is 0.418 e. The van der Waals surface area contributed by atoms with Crippen LogP contribution in [0.15, 0.2) is 18.2 Å². The molecule has 112 valence electrons. The summed E-state index contributed by atoms with van der Waals surface area (Å²) in [6.07, 6.45) is -3.51. The van der Waals surface area contributed by atoms with Crippen molar-refractivity contribution in [1.82, 2.24) is 0 Å². The number of nitrogens with two attached hydrogens (primary N) is 1. The predicted octanol–water partition coefficient (Wildman–Crippen LogP) is 2.64. The highest BCUT2D eigenvalue weighted by Crippen LogP contribution is 2.38. The molecule has 2 N–H and O–H groups in total. The lowest BCUT2D eigenvalue weighted by atomic mass is 10.1. The number of ether oxygens (including phenoxy) is 1. The third-order valence-electron chi connectivity index (χ3n) is 3.63. The normalized spacial score (nSPS) is 19.6. The summed E-state index contributed by atoms with van der Waals surface area (Å²) in [7, 11) is 1.61. The SMILES string of the molecule is COCC1CCN(c2ccc(CN)cc2C(F)(F)F)C1. The third-order valence-corrected chi connectivity index (χ3v) is 3.63. The number of benzene rings is 1. The molecule has 1 heterocycles. The van der Waals surface area contributed by atoms with Crippen molar-refractivity contribution in [2.45, 2.75) is 19.1 Å². The van der Waals surface area contributed by atoms with E-state index in [1.165, 1.54) is 6.07 Å². The number of nitrogens with zero attached hydrogens (tertiary/aromatic N) is 1. The molecule has 20 heavy (non-hydrogen) atoms. The van der Waals surface area contributed by atoms with Gasteiger partial charge in [0, 0.05) is 38.3 Å². The zero-order chi connectivity index (χ0) is 14.8. The van der Waals surface area contributed by atoms with E-state index in [1.54, 1.807) is 18.1 Å². The van der Waals surface area contributed by atoms with Crippen molar-refractivity contribution in [3.63, 3.8) is 0 Å². The van der Waals surface area contributed by atoms with Crippen molar-refractivity contribution in [1.29, 1.82) is 0 Å². The second-order valence-electron chi connectivity index (χ2n) is 5.11. The molecule has 1 atom stereocenters.